The minimum absolute atomic E-state index is 0.203. The van der Waals surface area contributed by atoms with Crippen LogP contribution < -0.4 is 0 Å². The van der Waals surface area contributed by atoms with Gasteiger partial charge in [-0.2, -0.15) is 0 Å². The zero-order valence-electron chi connectivity index (χ0n) is 14.6. The molecule has 1 aliphatic rings. The van der Waals surface area contributed by atoms with Crippen LogP contribution in [-0.2, 0) is 10.8 Å². The summed E-state index contributed by atoms with van der Waals surface area (Å²) in [5.41, 5.74) is 3.37. The molecule has 1 aliphatic carbocycles. The van der Waals surface area contributed by atoms with Gasteiger partial charge < -0.3 is 9.53 Å². The van der Waals surface area contributed by atoms with Crippen LogP contribution in [0.3, 0.4) is 0 Å². The third-order valence-electron chi connectivity index (χ3n) is 5.42. The summed E-state index contributed by atoms with van der Waals surface area (Å²) in [5.74, 6) is 0. The first kappa shape index (κ1) is 16.7. The van der Waals surface area contributed by atoms with Crippen LogP contribution in [0.2, 0.25) is 18.1 Å². The molecule has 0 bridgehead atoms. The lowest BCUT2D eigenvalue weighted by Crippen LogP contribution is -2.44. The Morgan fingerprint density at radius 1 is 1.33 bits per heavy atom. The van der Waals surface area contributed by atoms with E-state index in [-0.39, 0.29) is 10.5 Å². The molecule has 21 heavy (non-hydrogen) atoms. The normalized spacial score (nSPS) is 26.0. The third kappa shape index (κ3) is 3.10. The first-order valence-electron chi connectivity index (χ1n) is 7.88. The molecule has 0 heterocycles. The van der Waals surface area contributed by atoms with Gasteiger partial charge in [-0.3, -0.25) is 0 Å². The average Bonchev–Trinajstić information content (AvgIpc) is 2.60. The highest BCUT2D eigenvalue weighted by atomic mass is 28.4. The predicted molar refractivity (Wildman–Crippen MR) is 91.1 cm³/mol. The third-order valence-corrected chi connectivity index (χ3v) is 9.90. The SMILES string of the molecule is Cc1ccc2c(c1)[C@H](O)[C@@](C)(CO[Si](C)(C)C(C)(C)C)C2. The molecule has 0 radical (unpaired) electrons. The van der Waals surface area contributed by atoms with Crippen molar-refractivity contribution < 1.29 is 9.53 Å². The molecule has 0 saturated heterocycles. The van der Waals surface area contributed by atoms with Crippen LogP contribution in [-0.4, -0.2) is 20.0 Å². The lowest BCUT2D eigenvalue weighted by Gasteiger charge is -2.39. The monoisotopic (exact) mass is 306 g/mol. The van der Waals surface area contributed by atoms with E-state index in [2.05, 4.69) is 65.9 Å². The number of aryl methyl sites for hydroxylation is 1. The number of hydrogen-bond acceptors (Lipinski definition) is 2. The Morgan fingerprint density at radius 3 is 2.52 bits per heavy atom. The predicted octanol–water partition coefficient (Wildman–Crippen LogP) is 4.61. The van der Waals surface area contributed by atoms with E-state index in [0.29, 0.717) is 6.61 Å². The van der Waals surface area contributed by atoms with Crippen molar-refractivity contribution in [2.24, 2.45) is 5.41 Å². The average molecular weight is 307 g/mol. The van der Waals surface area contributed by atoms with Crippen LogP contribution in [0, 0.1) is 12.3 Å². The number of fused-ring (bicyclic) bond motifs is 1. The molecule has 2 atom stereocenters. The molecular formula is C18H30O2Si. The highest BCUT2D eigenvalue weighted by Gasteiger charge is 2.45. The first-order chi connectivity index (χ1) is 9.46. The van der Waals surface area contributed by atoms with E-state index in [9.17, 15) is 5.11 Å². The molecule has 0 aromatic heterocycles. The molecule has 0 spiro atoms. The van der Waals surface area contributed by atoms with Gasteiger partial charge in [0.25, 0.3) is 0 Å². The fourth-order valence-corrected chi connectivity index (χ4v) is 3.85. The summed E-state index contributed by atoms with van der Waals surface area (Å²) in [6, 6.07) is 6.41. The summed E-state index contributed by atoms with van der Waals surface area (Å²) in [6.07, 6.45) is 0.482. The van der Waals surface area contributed by atoms with Crippen LogP contribution >= 0.6 is 0 Å². The minimum Gasteiger partial charge on any atom is -0.416 e. The fraction of sp³-hybridized carbons (Fsp3) is 0.667. The maximum atomic E-state index is 10.8. The van der Waals surface area contributed by atoms with Gasteiger partial charge in [0.05, 0.1) is 6.10 Å². The molecular weight excluding hydrogens is 276 g/mol. The summed E-state index contributed by atoms with van der Waals surface area (Å²) in [7, 11) is -1.77. The summed E-state index contributed by atoms with van der Waals surface area (Å²) in [6.45, 7) is 16.2. The van der Waals surface area contributed by atoms with Crippen LogP contribution in [0.5, 0.6) is 0 Å². The molecule has 1 N–H and O–H groups in total. The Hall–Kier alpha value is -0.643. The van der Waals surface area contributed by atoms with Gasteiger partial charge in [-0.1, -0.05) is 51.5 Å². The van der Waals surface area contributed by atoms with E-state index in [4.69, 9.17) is 4.43 Å². The van der Waals surface area contributed by atoms with E-state index in [1.807, 2.05) is 0 Å². The van der Waals surface area contributed by atoms with Crippen molar-refractivity contribution in [1.29, 1.82) is 0 Å². The standard InChI is InChI=1S/C18H30O2Si/c1-13-8-9-14-11-18(5,16(19)15(14)10-13)12-20-21(6,7)17(2,3)4/h8-10,16,19H,11-12H2,1-7H3/t16-,18+/m0/s1. The van der Waals surface area contributed by atoms with Gasteiger partial charge in [0.2, 0.25) is 0 Å². The highest BCUT2D eigenvalue weighted by molar-refractivity contribution is 6.74. The van der Waals surface area contributed by atoms with Crippen LogP contribution in [0.4, 0.5) is 0 Å². The van der Waals surface area contributed by atoms with Gasteiger partial charge >= 0.3 is 0 Å². The van der Waals surface area contributed by atoms with Crippen molar-refractivity contribution >= 4 is 8.32 Å². The van der Waals surface area contributed by atoms with Gasteiger partial charge in [0.15, 0.2) is 8.32 Å². The molecule has 118 valence electrons. The van der Waals surface area contributed by atoms with E-state index in [0.717, 1.165) is 12.0 Å². The van der Waals surface area contributed by atoms with Gasteiger partial charge in [-0.15, -0.1) is 0 Å². The second-order valence-electron chi connectivity index (χ2n) is 8.48. The van der Waals surface area contributed by atoms with Crippen molar-refractivity contribution in [3.05, 3.63) is 34.9 Å². The first-order valence-corrected chi connectivity index (χ1v) is 10.8. The molecule has 0 aliphatic heterocycles. The Balaban J connectivity index is 2.15. The van der Waals surface area contributed by atoms with Crippen molar-refractivity contribution in [1.82, 2.24) is 0 Å². The topological polar surface area (TPSA) is 29.5 Å². The zero-order chi connectivity index (χ0) is 16.1. The number of rotatable bonds is 3. The van der Waals surface area contributed by atoms with Gasteiger partial charge in [-0.05, 0) is 42.6 Å². The van der Waals surface area contributed by atoms with Crippen LogP contribution in [0.1, 0.15) is 50.5 Å². The second-order valence-corrected chi connectivity index (χ2v) is 13.3. The lowest BCUT2D eigenvalue weighted by molar-refractivity contribution is 0.0117. The van der Waals surface area contributed by atoms with Gasteiger partial charge in [0.1, 0.15) is 0 Å². The van der Waals surface area contributed by atoms with E-state index >= 15 is 0 Å². The summed E-state index contributed by atoms with van der Waals surface area (Å²) in [4.78, 5) is 0. The van der Waals surface area contributed by atoms with Crippen molar-refractivity contribution in [2.75, 3.05) is 6.61 Å². The van der Waals surface area contributed by atoms with Crippen molar-refractivity contribution in [3.63, 3.8) is 0 Å². The zero-order valence-corrected chi connectivity index (χ0v) is 15.6. The maximum absolute atomic E-state index is 10.8. The molecule has 0 saturated carbocycles. The smallest absolute Gasteiger partial charge is 0.192 e. The molecule has 2 nitrogen and oxygen atoms in total. The Bertz CT molecular complexity index is 531. The van der Waals surface area contributed by atoms with Gasteiger partial charge in [0, 0.05) is 12.0 Å². The summed E-state index contributed by atoms with van der Waals surface area (Å²) < 4.78 is 6.39. The largest absolute Gasteiger partial charge is 0.416 e. The van der Waals surface area contributed by atoms with Crippen LogP contribution in [0.25, 0.3) is 0 Å². The number of hydrogen-bond donors (Lipinski definition) is 1. The molecule has 1 aromatic rings. The van der Waals surface area contributed by atoms with Crippen molar-refractivity contribution in [3.8, 4) is 0 Å². The van der Waals surface area contributed by atoms with Gasteiger partial charge in [-0.25, -0.2) is 0 Å². The number of benzene rings is 1. The molecule has 1 aromatic carbocycles. The van der Waals surface area contributed by atoms with Crippen molar-refractivity contribution in [2.45, 2.75) is 65.3 Å². The number of aliphatic hydroxyl groups excluding tert-OH is 1. The highest BCUT2D eigenvalue weighted by Crippen LogP contribution is 2.47. The number of aliphatic hydroxyl groups is 1. The Morgan fingerprint density at radius 2 is 1.95 bits per heavy atom. The Labute approximate surface area is 130 Å². The fourth-order valence-electron chi connectivity index (χ4n) is 2.73. The lowest BCUT2D eigenvalue weighted by atomic mass is 9.86. The molecule has 0 fully saturated rings. The molecule has 0 unspecified atom stereocenters. The van der Waals surface area contributed by atoms with E-state index in [1.165, 1.54) is 11.1 Å². The minimum atomic E-state index is -1.77. The maximum Gasteiger partial charge on any atom is 0.192 e. The molecule has 0 amide bonds. The molecule has 2 rings (SSSR count). The summed E-state index contributed by atoms with van der Waals surface area (Å²) >= 11 is 0. The Kier molecular flexibility index (Phi) is 4.16. The van der Waals surface area contributed by atoms with Crippen LogP contribution in [0.15, 0.2) is 18.2 Å². The van der Waals surface area contributed by atoms with E-state index < -0.39 is 14.4 Å². The molecule has 3 heteroatoms. The quantitative estimate of drug-likeness (QED) is 0.826. The van der Waals surface area contributed by atoms with E-state index in [1.54, 1.807) is 0 Å². The second kappa shape index (κ2) is 5.22. The summed E-state index contributed by atoms with van der Waals surface area (Å²) in [5, 5.41) is 11.0.